The first-order valence-corrected chi connectivity index (χ1v) is 8.52. The van der Waals surface area contributed by atoms with E-state index in [4.69, 9.17) is 0 Å². The van der Waals surface area contributed by atoms with Gasteiger partial charge in [-0.25, -0.2) is 0 Å². The van der Waals surface area contributed by atoms with Gasteiger partial charge in [-0.2, -0.15) is 13.2 Å². The molecule has 2 rings (SSSR count). The van der Waals surface area contributed by atoms with Crippen LogP contribution in [0.3, 0.4) is 0 Å². The van der Waals surface area contributed by atoms with E-state index in [0.717, 1.165) is 5.56 Å². The zero-order chi connectivity index (χ0) is 16.9. The van der Waals surface area contributed by atoms with Crippen molar-refractivity contribution >= 4 is 17.7 Å². The largest absolute Gasteiger partial charge is 0.414 e. The quantitative estimate of drug-likeness (QED) is 0.888. The lowest BCUT2D eigenvalue weighted by Crippen LogP contribution is -2.45. The van der Waals surface area contributed by atoms with Crippen molar-refractivity contribution in [2.45, 2.75) is 30.9 Å². The lowest BCUT2D eigenvalue weighted by atomic mass is 9.91. The van der Waals surface area contributed by atoms with Crippen molar-refractivity contribution < 1.29 is 23.1 Å². The van der Waals surface area contributed by atoms with Crippen LogP contribution in [0.15, 0.2) is 24.5 Å². The molecule has 1 fully saturated rings. The number of carbonyl (C=O) groups excluding carboxylic acids is 1. The molecule has 1 aliphatic rings. The molecule has 1 unspecified atom stereocenters. The zero-order valence-corrected chi connectivity index (χ0v) is 13.3. The van der Waals surface area contributed by atoms with Crippen LogP contribution in [-0.2, 0) is 10.5 Å². The Kier molecular flexibility index (Phi) is 6.29. The van der Waals surface area contributed by atoms with Crippen LogP contribution in [0.25, 0.3) is 0 Å². The first-order valence-electron chi connectivity index (χ1n) is 7.37. The SMILES string of the molecule is O=C(CSCc1cccnc1)N1CCC(C(O)C(F)(F)F)CC1. The maximum absolute atomic E-state index is 12.5. The van der Waals surface area contributed by atoms with Crippen LogP contribution >= 0.6 is 11.8 Å². The number of aliphatic hydroxyl groups excluding tert-OH is 1. The van der Waals surface area contributed by atoms with Crippen LogP contribution in [0.2, 0.25) is 0 Å². The van der Waals surface area contributed by atoms with E-state index >= 15 is 0 Å². The third-order valence-electron chi connectivity index (χ3n) is 3.89. The number of likely N-dealkylation sites (tertiary alicyclic amines) is 1. The fourth-order valence-electron chi connectivity index (χ4n) is 2.56. The number of aliphatic hydroxyl groups is 1. The Morgan fingerprint density at radius 3 is 2.70 bits per heavy atom. The summed E-state index contributed by atoms with van der Waals surface area (Å²) in [4.78, 5) is 17.6. The van der Waals surface area contributed by atoms with Gasteiger partial charge in [0, 0.05) is 31.2 Å². The van der Waals surface area contributed by atoms with Gasteiger partial charge in [0.25, 0.3) is 0 Å². The number of alkyl halides is 3. The third kappa shape index (κ3) is 5.39. The molecule has 0 spiro atoms. The summed E-state index contributed by atoms with van der Waals surface area (Å²) < 4.78 is 37.4. The van der Waals surface area contributed by atoms with Crippen LogP contribution in [-0.4, -0.2) is 52.0 Å². The molecule has 1 N–H and O–H groups in total. The average Bonchev–Trinajstić information content (AvgIpc) is 2.54. The first-order chi connectivity index (χ1) is 10.9. The third-order valence-corrected chi connectivity index (χ3v) is 4.88. The Hall–Kier alpha value is -1.28. The topological polar surface area (TPSA) is 53.4 Å². The maximum Gasteiger partial charge on any atom is 0.414 e. The molecular weight excluding hydrogens is 329 g/mol. The number of amides is 1. The normalized spacial score (nSPS) is 18.0. The summed E-state index contributed by atoms with van der Waals surface area (Å²) in [5, 5.41) is 9.26. The molecule has 2 heterocycles. The lowest BCUT2D eigenvalue weighted by molar-refractivity contribution is -0.222. The number of halogens is 3. The molecule has 4 nitrogen and oxygen atoms in total. The second-order valence-electron chi connectivity index (χ2n) is 5.56. The molecule has 1 amide bonds. The van der Waals surface area contributed by atoms with E-state index in [9.17, 15) is 23.1 Å². The maximum atomic E-state index is 12.5. The van der Waals surface area contributed by atoms with Gasteiger partial charge in [0.05, 0.1) is 5.75 Å². The predicted octanol–water partition coefficient (Wildman–Crippen LogP) is 2.48. The summed E-state index contributed by atoms with van der Waals surface area (Å²) >= 11 is 1.46. The highest BCUT2D eigenvalue weighted by Crippen LogP contribution is 2.31. The molecule has 0 bridgehead atoms. The van der Waals surface area contributed by atoms with E-state index < -0.39 is 18.2 Å². The molecule has 0 aromatic carbocycles. The number of nitrogens with zero attached hydrogens (tertiary/aromatic N) is 2. The second kappa shape index (κ2) is 8.01. The molecule has 128 valence electrons. The summed E-state index contributed by atoms with van der Waals surface area (Å²) in [6, 6.07) is 3.75. The van der Waals surface area contributed by atoms with Crippen LogP contribution in [0, 0.1) is 5.92 Å². The Labute approximate surface area is 137 Å². The molecule has 1 atom stereocenters. The molecule has 1 aromatic rings. The number of hydrogen-bond acceptors (Lipinski definition) is 4. The molecule has 1 aromatic heterocycles. The number of aromatic nitrogens is 1. The van der Waals surface area contributed by atoms with Crippen molar-refractivity contribution in [1.29, 1.82) is 0 Å². The van der Waals surface area contributed by atoms with Crippen molar-refractivity contribution in [3.63, 3.8) is 0 Å². The standard InChI is InChI=1S/C15H19F3N2O2S/c16-15(17,18)14(22)12-3-6-20(7-4-12)13(21)10-23-9-11-2-1-5-19-8-11/h1-2,5,8,12,14,22H,3-4,6-7,9-10H2. The Bertz CT molecular complexity index is 505. The number of rotatable bonds is 5. The second-order valence-corrected chi connectivity index (χ2v) is 6.54. The van der Waals surface area contributed by atoms with Gasteiger partial charge in [0.15, 0.2) is 6.10 Å². The first kappa shape index (κ1) is 18.1. The molecule has 1 aliphatic heterocycles. The highest BCUT2D eigenvalue weighted by Gasteiger charge is 2.44. The molecular formula is C15H19F3N2O2S. The van der Waals surface area contributed by atoms with E-state index in [0.29, 0.717) is 11.5 Å². The van der Waals surface area contributed by atoms with Crippen LogP contribution in [0.5, 0.6) is 0 Å². The van der Waals surface area contributed by atoms with E-state index in [2.05, 4.69) is 4.98 Å². The van der Waals surface area contributed by atoms with Gasteiger partial charge in [0.1, 0.15) is 0 Å². The van der Waals surface area contributed by atoms with E-state index in [-0.39, 0.29) is 31.8 Å². The summed E-state index contributed by atoms with van der Waals surface area (Å²) in [5.74, 6) is 0.0745. The van der Waals surface area contributed by atoms with Gasteiger partial charge in [-0.15, -0.1) is 11.8 Å². The highest BCUT2D eigenvalue weighted by molar-refractivity contribution is 7.99. The molecule has 1 saturated heterocycles. The van der Waals surface area contributed by atoms with Crippen LogP contribution < -0.4 is 0 Å². The van der Waals surface area contributed by atoms with Crippen molar-refractivity contribution in [1.82, 2.24) is 9.88 Å². The smallest absolute Gasteiger partial charge is 0.383 e. The Morgan fingerprint density at radius 1 is 1.43 bits per heavy atom. The number of carbonyl (C=O) groups is 1. The minimum absolute atomic E-state index is 0.0705. The van der Waals surface area contributed by atoms with Crippen LogP contribution in [0.1, 0.15) is 18.4 Å². The molecule has 0 saturated carbocycles. The number of pyridine rings is 1. The highest BCUT2D eigenvalue weighted by atomic mass is 32.2. The molecule has 23 heavy (non-hydrogen) atoms. The van der Waals surface area contributed by atoms with Gasteiger partial charge in [-0.05, 0) is 30.4 Å². The number of thioether (sulfide) groups is 1. The Morgan fingerprint density at radius 2 is 2.13 bits per heavy atom. The predicted molar refractivity (Wildman–Crippen MR) is 81.8 cm³/mol. The van der Waals surface area contributed by atoms with Crippen molar-refractivity contribution in [3.8, 4) is 0 Å². The van der Waals surface area contributed by atoms with Gasteiger partial charge in [-0.3, -0.25) is 9.78 Å². The van der Waals surface area contributed by atoms with E-state index in [1.165, 1.54) is 11.8 Å². The van der Waals surface area contributed by atoms with E-state index in [1.54, 1.807) is 17.3 Å². The minimum atomic E-state index is -4.59. The van der Waals surface area contributed by atoms with E-state index in [1.807, 2.05) is 12.1 Å². The minimum Gasteiger partial charge on any atom is -0.383 e. The monoisotopic (exact) mass is 348 g/mol. The summed E-state index contributed by atoms with van der Waals surface area (Å²) in [6.45, 7) is 0.536. The van der Waals surface area contributed by atoms with Crippen molar-refractivity contribution in [3.05, 3.63) is 30.1 Å². The van der Waals surface area contributed by atoms with Crippen molar-refractivity contribution in [2.24, 2.45) is 5.92 Å². The summed E-state index contributed by atoms with van der Waals surface area (Å²) in [5.41, 5.74) is 1.03. The van der Waals surface area contributed by atoms with Gasteiger partial charge >= 0.3 is 6.18 Å². The van der Waals surface area contributed by atoms with Gasteiger partial charge < -0.3 is 10.0 Å². The molecule has 0 aliphatic carbocycles. The summed E-state index contributed by atoms with van der Waals surface area (Å²) in [7, 11) is 0. The molecule has 0 radical (unpaired) electrons. The Balaban J connectivity index is 1.71. The van der Waals surface area contributed by atoms with Crippen LogP contribution in [0.4, 0.5) is 13.2 Å². The fourth-order valence-corrected chi connectivity index (χ4v) is 3.43. The number of piperidine rings is 1. The van der Waals surface area contributed by atoms with Gasteiger partial charge in [-0.1, -0.05) is 6.07 Å². The number of hydrogen-bond donors (Lipinski definition) is 1. The fraction of sp³-hybridized carbons (Fsp3) is 0.600. The molecule has 8 heteroatoms. The summed E-state index contributed by atoms with van der Waals surface area (Å²) in [6.07, 6.45) is -3.10. The zero-order valence-electron chi connectivity index (χ0n) is 12.5. The van der Waals surface area contributed by atoms with Gasteiger partial charge in [0.2, 0.25) is 5.91 Å². The average molecular weight is 348 g/mol. The lowest BCUT2D eigenvalue weighted by Gasteiger charge is -2.34. The van der Waals surface area contributed by atoms with Crippen molar-refractivity contribution in [2.75, 3.05) is 18.8 Å².